The van der Waals surface area contributed by atoms with E-state index in [9.17, 15) is 4.79 Å². The van der Waals surface area contributed by atoms with Crippen molar-refractivity contribution in [2.75, 3.05) is 11.9 Å². The Balaban J connectivity index is 1.66. The van der Waals surface area contributed by atoms with Gasteiger partial charge >= 0.3 is 0 Å². The number of anilines is 1. The third-order valence-corrected chi connectivity index (χ3v) is 4.63. The number of ether oxygens (including phenoxy) is 1. The number of aryl methyl sites for hydroxylation is 2. The van der Waals surface area contributed by atoms with Gasteiger partial charge in [0.2, 0.25) is 0 Å². The van der Waals surface area contributed by atoms with Crippen LogP contribution in [0.1, 0.15) is 28.5 Å². The first kappa shape index (κ1) is 18.7. The van der Waals surface area contributed by atoms with Gasteiger partial charge in [0.25, 0.3) is 5.91 Å². The lowest BCUT2D eigenvalue weighted by Crippen LogP contribution is -2.15. The molecule has 146 valence electrons. The average Bonchev–Trinajstić information content (AvgIpc) is 3.09. The maximum atomic E-state index is 12.7. The molecule has 6 nitrogen and oxygen atoms in total. The Morgan fingerprint density at radius 1 is 1.07 bits per heavy atom. The van der Waals surface area contributed by atoms with Gasteiger partial charge in [-0.3, -0.25) is 4.79 Å². The van der Waals surface area contributed by atoms with Crippen molar-refractivity contribution in [3.05, 3.63) is 77.5 Å². The lowest BCUT2D eigenvalue weighted by Gasteiger charge is -2.11. The SMILES string of the molecule is CCOc1ccc(C(=O)Nc2cc(C)nn2-c2cc(C)c3ccccc3n2)cc1. The van der Waals surface area contributed by atoms with Crippen molar-refractivity contribution < 1.29 is 9.53 Å². The normalized spacial score (nSPS) is 10.9. The van der Waals surface area contributed by atoms with E-state index in [0.29, 0.717) is 23.8 Å². The molecule has 0 aliphatic carbocycles. The van der Waals surface area contributed by atoms with Crippen LogP contribution in [0.5, 0.6) is 5.75 Å². The quantitative estimate of drug-likeness (QED) is 0.540. The largest absolute Gasteiger partial charge is 0.494 e. The van der Waals surface area contributed by atoms with Gasteiger partial charge in [-0.15, -0.1) is 0 Å². The lowest BCUT2D eigenvalue weighted by atomic mass is 10.1. The Kier molecular flexibility index (Phi) is 4.99. The van der Waals surface area contributed by atoms with Gasteiger partial charge in [-0.25, -0.2) is 4.98 Å². The molecule has 6 heteroatoms. The van der Waals surface area contributed by atoms with Crippen LogP contribution < -0.4 is 10.1 Å². The summed E-state index contributed by atoms with van der Waals surface area (Å²) in [7, 11) is 0. The van der Waals surface area contributed by atoms with Crippen molar-refractivity contribution >= 4 is 22.6 Å². The number of nitrogens with zero attached hydrogens (tertiary/aromatic N) is 3. The van der Waals surface area contributed by atoms with E-state index in [2.05, 4.69) is 10.4 Å². The second-order valence-electron chi connectivity index (χ2n) is 6.81. The van der Waals surface area contributed by atoms with Gasteiger partial charge < -0.3 is 10.1 Å². The number of benzene rings is 2. The van der Waals surface area contributed by atoms with Crippen LogP contribution in [0.15, 0.2) is 60.7 Å². The van der Waals surface area contributed by atoms with E-state index >= 15 is 0 Å². The highest BCUT2D eigenvalue weighted by Gasteiger charge is 2.14. The van der Waals surface area contributed by atoms with Gasteiger partial charge in [0, 0.05) is 17.0 Å². The monoisotopic (exact) mass is 386 g/mol. The second kappa shape index (κ2) is 7.75. The number of pyridine rings is 1. The van der Waals surface area contributed by atoms with Crippen molar-refractivity contribution in [1.29, 1.82) is 0 Å². The summed E-state index contributed by atoms with van der Waals surface area (Å²) in [5.41, 5.74) is 3.32. The van der Waals surface area contributed by atoms with Crippen molar-refractivity contribution in [2.45, 2.75) is 20.8 Å². The molecule has 0 fully saturated rings. The summed E-state index contributed by atoms with van der Waals surface area (Å²) < 4.78 is 7.10. The van der Waals surface area contributed by atoms with E-state index < -0.39 is 0 Å². The molecule has 1 amide bonds. The third kappa shape index (κ3) is 3.82. The Morgan fingerprint density at radius 2 is 1.83 bits per heavy atom. The van der Waals surface area contributed by atoms with Crippen LogP contribution in [0, 0.1) is 13.8 Å². The molecule has 0 saturated heterocycles. The number of carbonyl (C=O) groups excluding carboxylic acids is 1. The zero-order valence-corrected chi connectivity index (χ0v) is 16.6. The van der Waals surface area contributed by atoms with E-state index in [1.165, 1.54) is 0 Å². The van der Waals surface area contributed by atoms with Crippen LogP contribution in [-0.2, 0) is 0 Å². The van der Waals surface area contributed by atoms with Crippen LogP contribution in [-0.4, -0.2) is 27.3 Å². The molecule has 0 aliphatic rings. The summed E-state index contributed by atoms with van der Waals surface area (Å²) in [5, 5.41) is 8.58. The van der Waals surface area contributed by atoms with Crippen LogP contribution in [0.3, 0.4) is 0 Å². The zero-order chi connectivity index (χ0) is 20.4. The molecule has 29 heavy (non-hydrogen) atoms. The predicted molar refractivity (Wildman–Crippen MR) is 114 cm³/mol. The molecule has 1 N–H and O–H groups in total. The maximum absolute atomic E-state index is 12.7. The standard InChI is InChI=1S/C23H22N4O2/c1-4-29-18-11-9-17(10-12-18)23(28)25-22-14-16(3)26-27(22)21-13-15(2)19-7-5-6-8-20(19)24-21/h5-14H,4H2,1-3H3,(H,25,28). The Labute approximate surface area is 169 Å². The van der Waals surface area contributed by atoms with Gasteiger partial charge in [-0.05, 0) is 62.7 Å². The molecule has 2 aromatic carbocycles. The smallest absolute Gasteiger partial charge is 0.256 e. The molecular weight excluding hydrogens is 364 g/mol. The third-order valence-electron chi connectivity index (χ3n) is 4.63. The molecule has 4 rings (SSSR count). The van der Waals surface area contributed by atoms with Crippen LogP contribution in [0.25, 0.3) is 16.7 Å². The highest BCUT2D eigenvalue weighted by atomic mass is 16.5. The van der Waals surface area contributed by atoms with E-state index in [1.807, 2.05) is 57.2 Å². The van der Waals surface area contributed by atoms with Crippen molar-refractivity contribution in [1.82, 2.24) is 14.8 Å². The molecule has 0 saturated carbocycles. The first-order valence-corrected chi connectivity index (χ1v) is 9.53. The molecule has 0 aliphatic heterocycles. The second-order valence-corrected chi connectivity index (χ2v) is 6.81. The molecule has 0 bridgehead atoms. The Hall–Kier alpha value is -3.67. The molecule has 0 unspecified atom stereocenters. The minimum absolute atomic E-state index is 0.216. The highest BCUT2D eigenvalue weighted by Crippen LogP contribution is 2.23. The minimum Gasteiger partial charge on any atom is -0.494 e. The summed E-state index contributed by atoms with van der Waals surface area (Å²) in [6.07, 6.45) is 0. The molecule has 2 heterocycles. The molecular formula is C23H22N4O2. The molecule has 0 spiro atoms. The van der Waals surface area contributed by atoms with E-state index in [0.717, 1.165) is 27.9 Å². The number of rotatable bonds is 5. The summed E-state index contributed by atoms with van der Waals surface area (Å²) in [6.45, 7) is 6.44. The number of aromatic nitrogens is 3. The fourth-order valence-corrected chi connectivity index (χ4v) is 3.26. The number of carbonyl (C=O) groups is 1. The number of fused-ring (bicyclic) bond motifs is 1. The van der Waals surface area contributed by atoms with Gasteiger partial charge in [0.15, 0.2) is 5.82 Å². The number of amides is 1. The van der Waals surface area contributed by atoms with Crippen LogP contribution in [0.4, 0.5) is 5.82 Å². The summed E-state index contributed by atoms with van der Waals surface area (Å²) >= 11 is 0. The predicted octanol–water partition coefficient (Wildman–Crippen LogP) is 4.69. The van der Waals surface area contributed by atoms with Crippen LogP contribution in [0.2, 0.25) is 0 Å². The topological polar surface area (TPSA) is 69.0 Å². The van der Waals surface area contributed by atoms with Gasteiger partial charge in [0.05, 0.1) is 17.8 Å². The summed E-state index contributed by atoms with van der Waals surface area (Å²) in [6, 6.07) is 18.8. The fraction of sp³-hybridized carbons (Fsp3) is 0.174. The van der Waals surface area contributed by atoms with Gasteiger partial charge in [-0.1, -0.05) is 18.2 Å². The number of hydrogen-bond donors (Lipinski definition) is 1. The molecule has 0 radical (unpaired) electrons. The van der Waals surface area contributed by atoms with E-state index in [1.54, 1.807) is 28.9 Å². The first-order chi connectivity index (χ1) is 14.0. The van der Waals surface area contributed by atoms with Gasteiger partial charge in [-0.2, -0.15) is 9.78 Å². The Morgan fingerprint density at radius 3 is 2.59 bits per heavy atom. The summed E-state index contributed by atoms with van der Waals surface area (Å²) in [5.74, 6) is 1.76. The number of nitrogens with one attached hydrogen (secondary N) is 1. The van der Waals surface area contributed by atoms with Crippen molar-refractivity contribution in [3.8, 4) is 11.6 Å². The van der Waals surface area contributed by atoms with Crippen molar-refractivity contribution in [2.24, 2.45) is 0 Å². The fourth-order valence-electron chi connectivity index (χ4n) is 3.26. The maximum Gasteiger partial charge on any atom is 0.256 e. The summed E-state index contributed by atoms with van der Waals surface area (Å²) in [4.78, 5) is 17.5. The molecule has 0 atom stereocenters. The Bertz CT molecular complexity index is 1180. The first-order valence-electron chi connectivity index (χ1n) is 9.53. The van der Waals surface area contributed by atoms with E-state index in [4.69, 9.17) is 9.72 Å². The van der Waals surface area contributed by atoms with Gasteiger partial charge in [0.1, 0.15) is 11.6 Å². The number of para-hydroxylation sites is 1. The molecule has 2 aromatic heterocycles. The molecule has 4 aromatic rings. The zero-order valence-electron chi connectivity index (χ0n) is 16.6. The van der Waals surface area contributed by atoms with Crippen molar-refractivity contribution in [3.63, 3.8) is 0 Å². The average molecular weight is 386 g/mol. The number of hydrogen-bond acceptors (Lipinski definition) is 4. The van der Waals surface area contributed by atoms with E-state index in [-0.39, 0.29) is 5.91 Å². The van der Waals surface area contributed by atoms with Crippen LogP contribution >= 0.6 is 0 Å². The minimum atomic E-state index is -0.216. The highest BCUT2D eigenvalue weighted by molar-refractivity contribution is 6.04. The lowest BCUT2D eigenvalue weighted by molar-refractivity contribution is 0.102.